The van der Waals surface area contributed by atoms with Gasteiger partial charge in [0.1, 0.15) is 5.92 Å². The Morgan fingerprint density at radius 1 is 1.24 bits per heavy atom. The lowest BCUT2D eigenvalue weighted by atomic mass is 9.95. The van der Waals surface area contributed by atoms with Crippen LogP contribution in [0.5, 0.6) is 0 Å². The molecule has 29 heavy (non-hydrogen) atoms. The van der Waals surface area contributed by atoms with Crippen molar-refractivity contribution >= 4 is 21.7 Å². The Kier molecular flexibility index (Phi) is 7.07. The SMILES string of the molecule is COC(=O)[C@@H](CN(C)S(=O)(=O)c1ccc(C)cc1)[C@@H](O)c1cccc([N+](=O)[O-])c1. The maximum absolute atomic E-state index is 12.8. The summed E-state index contributed by atoms with van der Waals surface area (Å²) in [5.41, 5.74) is 0.738. The van der Waals surface area contributed by atoms with Gasteiger partial charge in [-0.25, -0.2) is 8.42 Å². The Hall–Kier alpha value is -2.82. The molecule has 0 unspecified atom stereocenters. The van der Waals surface area contributed by atoms with Crippen LogP contribution in [0.15, 0.2) is 53.4 Å². The molecular formula is C19H22N2O7S. The van der Waals surface area contributed by atoms with Crippen molar-refractivity contribution in [3.8, 4) is 0 Å². The minimum atomic E-state index is -3.92. The quantitative estimate of drug-likeness (QED) is 0.392. The molecule has 2 aromatic carbocycles. The van der Waals surface area contributed by atoms with E-state index in [2.05, 4.69) is 0 Å². The zero-order valence-electron chi connectivity index (χ0n) is 16.2. The van der Waals surface area contributed by atoms with E-state index in [1.54, 1.807) is 12.1 Å². The number of sulfonamides is 1. The van der Waals surface area contributed by atoms with Crippen LogP contribution in [0.1, 0.15) is 17.2 Å². The molecule has 0 aliphatic rings. The number of nitrogens with zero attached hydrogens (tertiary/aromatic N) is 2. The van der Waals surface area contributed by atoms with Gasteiger partial charge in [-0.3, -0.25) is 14.9 Å². The van der Waals surface area contributed by atoms with E-state index >= 15 is 0 Å². The van der Waals surface area contributed by atoms with Gasteiger partial charge in [0.15, 0.2) is 0 Å². The van der Waals surface area contributed by atoms with Crippen molar-refractivity contribution < 1.29 is 28.0 Å². The minimum absolute atomic E-state index is 0.0408. The third-order valence-corrected chi connectivity index (χ3v) is 6.33. The molecule has 0 fully saturated rings. The molecule has 0 amide bonds. The van der Waals surface area contributed by atoms with Crippen molar-refractivity contribution in [2.24, 2.45) is 5.92 Å². The number of benzene rings is 2. The number of rotatable bonds is 8. The number of methoxy groups -OCH3 is 1. The first-order chi connectivity index (χ1) is 13.6. The fraction of sp³-hybridized carbons (Fsp3) is 0.316. The molecular weight excluding hydrogens is 400 g/mol. The van der Waals surface area contributed by atoms with Gasteiger partial charge in [-0.15, -0.1) is 0 Å². The fourth-order valence-electron chi connectivity index (χ4n) is 2.77. The van der Waals surface area contributed by atoms with Gasteiger partial charge in [0, 0.05) is 25.7 Å². The van der Waals surface area contributed by atoms with E-state index in [1.807, 2.05) is 6.92 Å². The Labute approximate surface area is 168 Å². The van der Waals surface area contributed by atoms with Gasteiger partial charge in [-0.05, 0) is 24.6 Å². The molecule has 0 heterocycles. The number of nitro benzene ring substituents is 1. The summed E-state index contributed by atoms with van der Waals surface area (Å²) in [6.45, 7) is 1.44. The smallest absolute Gasteiger partial charge is 0.313 e. The third-order valence-electron chi connectivity index (χ3n) is 4.49. The van der Waals surface area contributed by atoms with E-state index in [4.69, 9.17) is 4.74 Å². The second kappa shape index (κ2) is 9.12. The molecule has 2 atom stereocenters. The first-order valence-electron chi connectivity index (χ1n) is 8.61. The van der Waals surface area contributed by atoms with Gasteiger partial charge in [-0.1, -0.05) is 29.8 Å². The third kappa shape index (κ3) is 5.17. The van der Waals surface area contributed by atoms with Crippen LogP contribution in [-0.2, 0) is 19.6 Å². The van der Waals surface area contributed by atoms with Gasteiger partial charge in [-0.2, -0.15) is 4.31 Å². The molecule has 0 saturated heterocycles. The van der Waals surface area contributed by atoms with Crippen LogP contribution < -0.4 is 0 Å². The Morgan fingerprint density at radius 2 is 1.86 bits per heavy atom. The van der Waals surface area contributed by atoms with Gasteiger partial charge < -0.3 is 9.84 Å². The van der Waals surface area contributed by atoms with Crippen LogP contribution in [0.25, 0.3) is 0 Å². The maximum Gasteiger partial charge on any atom is 0.313 e. The van der Waals surface area contributed by atoms with E-state index < -0.39 is 32.9 Å². The number of aliphatic hydroxyl groups excluding tert-OH is 1. The van der Waals surface area contributed by atoms with E-state index in [1.165, 1.54) is 37.4 Å². The minimum Gasteiger partial charge on any atom is -0.469 e. The highest BCUT2D eigenvalue weighted by Gasteiger charge is 2.34. The average molecular weight is 422 g/mol. The Bertz CT molecular complexity index is 990. The number of hydrogen-bond acceptors (Lipinski definition) is 7. The molecule has 0 bridgehead atoms. The van der Waals surface area contributed by atoms with Crippen LogP contribution in [0.3, 0.4) is 0 Å². The fourth-order valence-corrected chi connectivity index (χ4v) is 3.97. The molecule has 0 aromatic heterocycles. The number of carbonyl (C=O) groups excluding carboxylic acids is 1. The largest absolute Gasteiger partial charge is 0.469 e. The van der Waals surface area contributed by atoms with Crippen LogP contribution in [-0.4, -0.2) is 49.4 Å². The standard InChI is InChI=1S/C19H22N2O7S/c1-13-7-9-16(10-8-13)29(26,27)20(2)12-17(19(23)28-3)18(22)14-5-4-6-15(11-14)21(24)25/h4-11,17-18,22H,12H2,1-3H3/t17-,18-/m0/s1. The number of ether oxygens (including phenoxy) is 1. The molecule has 2 rings (SSSR count). The number of esters is 1. The number of aliphatic hydroxyl groups is 1. The monoisotopic (exact) mass is 422 g/mol. The van der Waals surface area contributed by atoms with E-state index in [0.29, 0.717) is 0 Å². The molecule has 0 aliphatic carbocycles. The number of hydrogen-bond donors (Lipinski definition) is 1. The molecule has 0 saturated carbocycles. The van der Waals surface area contributed by atoms with Crippen LogP contribution in [0.2, 0.25) is 0 Å². The van der Waals surface area contributed by atoms with Gasteiger partial charge in [0.2, 0.25) is 10.0 Å². The lowest BCUT2D eigenvalue weighted by molar-refractivity contribution is -0.385. The highest BCUT2D eigenvalue weighted by Crippen LogP contribution is 2.28. The normalized spacial score (nSPS) is 13.7. The molecule has 1 N–H and O–H groups in total. The second-order valence-electron chi connectivity index (χ2n) is 6.53. The topological polar surface area (TPSA) is 127 Å². The number of non-ortho nitro benzene ring substituents is 1. The number of nitro groups is 1. The van der Waals surface area contributed by atoms with Crippen molar-refractivity contribution in [1.82, 2.24) is 4.31 Å². The molecule has 156 valence electrons. The summed E-state index contributed by atoms with van der Waals surface area (Å²) in [5.74, 6) is -2.12. The first-order valence-corrected chi connectivity index (χ1v) is 10.0. The zero-order chi connectivity index (χ0) is 21.8. The van der Waals surface area contributed by atoms with Crippen LogP contribution >= 0.6 is 0 Å². The summed E-state index contributed by atoms with van der Waals surface area (Å²) < 4.78 is 31.2. The van der Waals surface area contributed by atoms with Gasteiger partial charge >= 0.3 is 5.97 Å². The Balaban J connectivity index is 2.33. The van der Waals surface area contributed by atoms with Gasteiger partial charge in [0.25, 0.3) is 5.69 Å². The molecule has 2 aromatic rings. The maximum atomic E-state index is 12.8. The predicted octanol–water partition coefficient (Wildman–Crippen LogP) is 2.05. The molecule has 0 spiro atoms. The van der Waals surface area contributed by atoms with Crippen molar-refractivity contribution in [3.05, 3.63) is 69.8 Å². The van der Waals surface area contributed by atoms with Crippen LogP contribution in [0, 0.1) is 23.0 Å². The number of aryl methyl sites for hydroxylation is 1. The average Bonchev–Trinajstić information content (AvgIpc) is 2.71. The highest BCUT2D eigenvalue weighted by atomic mass is 32.2. The molecule has 9 nitrogen and oxygen atoms in total. The zero-order valence-corrected chi connectivity index (χ0v) is 17.0. The van der Waals surface area contributed by atoms with Crippen LogP contribution in [0.4, 0.5) is 5.69 Å². The summed E-state index contributed by atoms with van der Waals surface area (Å²) in [5, 5.41) is 21.6. The van der Waals surface area contributed by atoms with Crippen molar-refractivity contribution in [3.63, 3.8) is 0 Å². The molecule has 10 heteroatoms. The number of carbonyl (C=O) groups is 1. The summed E-state index contributed by atoms with van der Waals surface area (Å²) in [6, 6.07) is 11.4. The summed E-state index contributed by atoms with van der Waals surface area (Å²) in [4.78, 5) is 22.6. The second-order valence-corrected chi connectivity index (χ2v) is 8.57. The summed E-state index contributed by atoms with van der Waals surface area (Å²) in [6.07, 6.45) is -1.50. The van der Waals surface area contributed by atoms with Crippen molar-refractivity contribution in [1.29, 1.82) is 0 Å². The highest BCUT2D eigenvalue weighted by molar-refractivity contribution is 7.89. The van der Waals surface area contributed by atoms with E-state index in [0.717, 1.165) is 23.0 Å². The van der Waals surface area contributed by atoms with Crippen molar-refractivity contribution in [2.75, 3.05) is 20.7 Å². The molecule has 0 radical (unpaired) electrons. The lowest BCUT2D eigenvalue weighted by Crippen LogP contribution is -2.38. The van der Waals surface area contributed by atoms with E-state index in [9.17, 15) is 28.4 Å². The van der Waals surface area contributed by atoms with E-state index in [-0.39, 0.29) is 22.7 Å². The van der Waals surface area contributed by atoms with Crippen molar-refractivity contribution in [2.45, 2.75) is 17.9 Å². The summed E-state index contributed by atoms with van der Waals surface area (Å²) >= 11 is 0. The molecule has 0 aliphatic heterocycles. The first kappa shape index (κ1) is 22.5. The summed E-state index contributed by atoms with van der Waals surface area (Å²) in [7, 11) is -1.53. The lowest BCUT2D eigenvalue weighted by Gasteiger charge is -2.26. The van der Waals surface area contributed by atoms with Gasteiger partial charge in [0.05, 0.1) is 23.0 Å². The predicted molar refractivity (Wildman–Crippen MR) is 105 cm³/mol. The Morgan fingerprint density at radius 3 is 2.41 bits per heavy atom.